The summed E-state index contributed by atoms with van der Waals surface area (Å²) in [6.07, 6.45) is 8.65. The van der Waals surface area contributed by atoms with Gasteiger partial charge in [0.15, 0.2) is 0 Å². The van der Waals surface area contributed by atoms with Crippen LogP contribution in [-0.4, -0.2) is 12.5 Å². The zero-order chi connectivity index (χ0) is 13.4. The number of ether oxygens (including phenoxy) is 1. The number of carbonyl (C=O) groups is 1. The molecule has 1 rings (SSSR count). The number of primary amides is 1. The third-order valence-corrected chi connectivity index (χ3v) is 3.05. The summed E-state index contributed by atoms with van der Waals surface area (Å²) >= 11 is 1.28. The van der Waals surface area contributed by atoms with Crippen LogP contribution in [-0.2, 0) is 0 Å². The van der Waals surface area contributed by atoms with Crippen LogP contribution in [0.4, 0.5) is 0 Å². The maximum absolute atomic E-state index is 10.9. The molecule has 0 aliphatic heterocycles. The molecular weight excluding hydrogens is 246 g/mol. The van der Waals surface area contributed by atoms with Crippen LogP contribution in [0.15, 0.2) is 47.9 Å². The van der Waals surface area contributed by atoms with Gasteiger partial charge >= 0.3 is 0 Å². The molecule has 0 atom stereocenters. The number of hydrogen-bond donors (Lipinski definition) is 1. The summed E-state index contributed by atoms with van der Waals surface area (Å²) in [6.45, 7) is 6.18. The van der Waals surface area contributed by atoms with Crippen molar-refractivity contribution in [3.63, 3.8) is 0 Å². The van der Waals surface area contributed by atoms with Crippen molar-refractivity contribution in [2.45, 2.75) is 13.3 Å². The summed E-state index contributed by atoms with van der Waals surface area (Å²) in [5, 5.41) is 1.77. The molecule has 0 fully saturated rings. The number of nitrogens with two attached hydrogens (primary N) is 1. The van der Waals surface area contributed by atoms with Crippen molar-refractivity contribution in [3.8, 4) is 5.75 Å². The molecule has 18 heavy (non-hydrogen) atoms. The lowest BCUT2D eigenvalue weighted by molar-refractivity contribution is 0.100. The maximum atomic E-state index is 10.9. The van der Waals surface area contributed by atoms with Crippen molar-refractivity contribution in [3.05, 3.63) is 52.8 Å². The van der Waals surface area contributed by atoms with Gasteiger partial charge in [-0.05, 0) is 12.0 Å². The Balaban J connectivity index is 2.61. The summed E-state index contributed by atoms with van der Waals surface area (Å²) in [5.41, 5.74) is 6.20. The van der Waals surface area contributed by atoms with Crippen molar-refractivity contribution in [2.75, 3.05) is 6.61 Å². The second-order valence-corrected chi connectivity index (χ2v) is 4.50. The molecule has 0 saturated heterocycles. The fourth-order valence-electron chi connectivity index (χ4n) is 1.26. The SMILES string of the molecule is C=C/C=C(\C=C/CC)COc1csc(C(N)=O)c1. The van der Waals surface area contributed by atoms with E-state index in [0.717, 1.165) is 12.0 Å². The van der Waals surface area contributed by atoms with Crippen LogP contribution in [0.5, 0.6) is 5.75 Å². The molecule has 0 saturated carbocycles. The molecule has 1 aromatic rings. The molecule has 3 nitrogen and oxygen atoms in total. The summed E-state index contributed by atoms with van der Waals surface area (Å²) in [6, 6.07) is 1.65. The summed E-state index contributed by atoms with van der Waals surface area (Å²) in [4.78, 5) is 11.4. The first kappa shape index (κ1) is 14.3. The molecule has 96 valence electrons. The van der Waals surface area contributed by atoms with E-state index in [1.807, 2.05) is 12.2 Å². The lowest BCUT2D eigenvalue weighted by atomic mass is 10.2. The zero-order valence-corrected chi connectivity index (χ0v) is 11.2. The predicted octanol–water partition coefficient (Wildman–Crippen LogP) is 3.30. The van der Waals surface area contributed by atoms with Crippen LogP contribution < -0.4 is 10.5 Å². The number of rotatable bonds is 7. The van der Waals surface area contributed by atoms with Gasteiger partial charge in [0.25, 0.3) is 5.91 Å². The monoisotopic (exact) mass is 263 g/mol. The number of hydrogen-bond acceptors (Lipinski definition) is 3. The lowest BCUT2D eigenvalue weighted by Gasteiger charge is -2.04. The number of amides is 1. The van der Waals surface area contributed by atoms with E-state index in [-0.39, 0.29) is 0 Å². The standard InChI is InChI=1S/C14H17NO2S/c1-3-5-7-11(6-4-2)9-17-12-8-13(14(15)16)18-10-12/h4-8,10H,2-3,9H2,1H3,(H2,15,16)/b7-5-,11-6+. The quantitative estimate of drug-likeness (QED) is 0.767. The molecule has 1 aromatic heterocycles. The molecule has 0 bridgehead atoms. The molecule has 4 heteroatoms. The molecule has 0 aromatic carbocycles. The van der Waals surface area contributed by atoms with Crippen LogP contribution in [0, 0.1) is 0 Å². The Kier molecular flexibility index (Phi) is 5.94. The van der Waals surface area contributed by atoms with Gasteiger partial charge in [-0.25, -0.2) is 0 Å². The first-order valence-corrected chi connectivity index (χ1v) is 6.54. The van der Waals surface area contributed by atoms with Crippen molar-refractivity contribution in [2.24, 2.45) is 5.73 Å². The fraction of sp³-hybridized carbons (Fsp3) is 0.214. The minimum Gasteiger partial charge on any atom is -0.488 e. The van der Waals surface area contributed by atoms with Crippen LogP contribution >= 0.6 is 11.3 Å². The van der Waals surface area contributed by atoms with Gasteiger partial charge in [-0.3, -0.25) is 4.79 Å². The zero-order valence-electron chi connectivity index (χ0n) is 10.4. The van der Waals surface area contributed by atoms with Crippen molar-refractivity contribution < 1.29 is 9.53 Å². The minimum absolute atomic E-state index is 0.428. The van der Waals surface area contributed by atoms with E-state index in [9.17, 15) is 4.79 Å². The smallest absolute Gasteiger partial charge is 0.258 e. The molecule has 0 unspecified atom stereocenters. The number of thiophene rings is 1. The van der Waals surface area contributed by atoms with Crippen LogP contribution in [0.2, 0.25) is 0 Å². The highest BCUT2D eigenvalue weighted by atomic mass is 32.1. The van der Waals surface area contributed by atoms with E-state index in [2.05, 4.69) is 19.6 Å². The van der Waals surface area contributed by atoms with E-state index < -0.39 is 5.91 Å². The lowest BCUT2D eigenvalue weighted by Crippen LogP contribution is -2.08. The second kappa shape index (κ2) is 7.50. The number of carbonyl (C=O) groups excluding carboxylic acids is 1. The highest BCUT2D eigenvalue weighted by Crippen LogP contribution is 2.21. The number of allylic oxidation sites excluding steroid dienone is 3. The molecule has 2 N–H and O–H groups in total. The van der Waals surface area contributed by atoms with Crippen LogP contribution in [0.3, 0.4) is 0 Å². The first-order valence-electron chi connectivity index (χ1n) is 5.66. The average molecular weight is 263 g/mol. The van der Waals surface area contributed by atoms with Gasteiger partial charge in [0, 0.05) is 11.4 Å². The average Bonchev–Trinajstić information content (AvgIpc) is 2.81. The van der Waals surface area contributed by atoms with E-state index in [0.29, 0.717) is 17.2 Å². The van der Waals surface area contributed by atoms with Crippen molar-refractivity contribution in [1.82, 2.24) is 0 Å². The van der Waals surface area contributed by atoms with E-state index in [4.69, 9.17) is 10.5 Å². The van der Waals surface area contributed by atoms with Gasteiger partial charge in [0.1, 0.15) is 12.4 Å². The molecule has 0 spiro atoms. The van der Waals surface area contributed by atoms with Gasteiger partial charge in [0.05, 0.1) is 4.88 Å². The van der Waals surface area contributed by atoms with Crippen LogP contribution in [0.25, 0.3) is 0 Å². The van der Waals surface area contributed by atoms with Crippen LogP contribution in [0.1, 0.15) is 23.0 Å². The third kappa shape index (κ3) is 4.59. The molecule has 1 heterocycles. The molecule has 0 radical (unpaired) electrons. The molecular formula is C14H17NO2S. The molecule has 0 aliphatic carbocycles. The first-order chi connectivity index (χ1) is 8.67. The minimum atomic E-state index is -0.428. The Morgan fingerprint density at radius 3 is 2.94 bits per heavy atom. The van der Waals surface area contributed by atoms with E-state index >= 15 is 0 Å². The Morgan fingerprint density at radius 1 is 1.61 bits per heavy atom. The van der Waals surface area contributed by atoms with Gasteiger partial charge in [-0.15, -0.1) is 11.3 Å². The Bertz CT molecular complexity index is 472. The Labute approximate surface area is 111 Å². The fourth-order valence-corrected chi connectivity index (χ4v) is 1.94. The Hall–Kier alpha value is -1.81. The third-order valence-electron chi connectivity index (χ3n) is 2.12. The molecule has 0 aliphatic rings. The van der Waals surface area contributed by atoms with Gasteiger partial charge < -0.3 is 10.5 Å². The second-order valence-electron chi connectivity index (χ2n) is 3.59. The van der Waals surface area contributed by atoms with Crippen molar-refractivity contribution in [1.29, 1.82) is 0 Å². The summed E-state index contributed by atoms with van der Waals surface area (Å²) in [5.74, 6) is 0.233. The maximum Gasteiger partial charge on any atom is 0.258 e. The van der Waals surface area contributed by atoms with Crippen molar-refractivity contribution >= 4 is 17.2 Å². The highest BCUT2D eigenvalue weighted by molar-refractivity contribution is 7.12. The Morgan fingerprint density at radius 2 is 2.39 bits per heavy atom. The normalized spacial score (nSPS) is 11.7. The summed E-state index contributed by atoms with van der Waals surface area (Å²) in [7, 11) is 0. The van der Waals surface area contributed by atoms with Gasteiger partial charge in [0.2, 0.25) is 0 Å². The topological polar surface area (TPSA) is 52.3 Å². The largest absolute Gasteiger partial charge is 0.488 e. The van der Waals surface area contributed by atoms with Gasteiger partial charge in [-0.2, -0.15) is 0 Å². The highest BCUT2D eigenvalue weighted by Gasteiger charge is 2.05. The predicted molar refractivity (Wildman–Crippen MR) is 76.0 cm³/mol. The summed E-state index contributed by atoms with van der Waals surface area (Å²) < 4.78 is 5.58. The molecule has 1 amide bonds. The van der Waals surface area contributed by atoms with E-state index in [1.54, 1.807) is 17.5 Å². The van der Waals surface area contributed by atoms with Gasteiger partial charge in [-0.1, -0.05) is 37.8 Å². The van der Waals surface area contributed by atoms with E-state index in [1.165, 1.54) is 11.3 Å².